The van der Waals surface area contributed by atoms with Crippen LogP contribution in [-0.2, 0) is 16.0 Å². The Hall–Kier alpha value is -4.43. The summed E-state index contributed by atoms with van der Waals surface area (Å²) in [4.78, 5) is 37.8. The number of imidazole rings is 1. The van der Waals surface area contributed by atoms with E-state index in [0.717, 1.165) is 77.7 Å². The van der Waals surface area contributed by atoms with E-state index in [1.54, 1.807) is 0 Å². The molecular formula is C35H38N6O2. The first-order valence-electron chi connectivity index (χ1n) is 15.5. The van der Waals surface area contributed by atoms with Crippen molar-refractivity contribution >= 4 is 33.8 Å². The van der Waals surface area contributed by atoms with Crippen LogP contribution in [0.1, 0.15) is 37.3 Å². The summed E-state index contributed by atoms with van der Waals surface area (Å²) in [5, 5.41) is 7.62. The van der Waals surface area contributed by atoms with Gasteiger partial charge in [0.2, 0.25) is 11.8 Å². The molecule has 7 rings (SSSR count). The number of rotatable bonds is 7. The number of piperidine rings is 2. The van der Waals surface area contributed by atoms with Crippen molar-refractivity contribution in [2.75, 3.05) is 26.2 Å². The molecule has 4 heterocycles. The van der Waals surface area contributed by atoms with Crippen molar-refractivity contribution in [3.05, 3.63) is 90.6 Å². The van der Waals surface area contributed by atoms with E-state index < -0.39 is 6.04 Å². The van der Waals surface area contributed by atoms with Crippen LogP contribution in [0.3, 0.4) is 0 Å². The third-order valence-corrected chi connectivity index (χ3v) is 9.19. The Labute approximate surface area is 251 Å². The van der Waals surface area contributed by atoms with Gasteiger partial charge in [0.25, 0.3) is 0 Å². The predicted octanol–water partition coefficient (Wildman–Crippen LogP) is 5.08. The van der Waals surface area contributed by atoms with E-state index in [9.17, 15) is 9.59 Å². The lowest BCUT2D eigenvalue weighted by atomic mass is 9.95. The fourth-order valence-corrected chi connectivity index (χ4v) is 6.86. The van der Waals surface area contributed by atoms with Gasteiger partial charge in [0.15, 0.2) is 0 Å². The highest BCUT2D eigenvalue weighted by Gasteiger charge is 2.33. The number of fused-ring (bicyclic) bond motifs is 2. The van der Waals surface area contributed by atoms with E-state index >= 15 is 0 Å². The third kappa shape index (κ3) is 5.55. The normalized spacial score (nSPS) is 17.3. The van der Waals surface area contributed by atoms with Crippen molar-refractivity contribution in [1.29, 1.82) is 0 Å². The quantitative estimate of drug-likeness (QED) is 0.253. The van der Waals surface area contributed by atoms with Crippen LogP contribution in [0.25, 0.3) is 33.3 Å². The summed E-state index contributed by atoms with van der Waals surface area (Å²) in [6.45, 7) is 2.94. The van der Waals surface area contributed by atoms with Gasteiger partial charge >= 0.3 is 0 Å². The molecule has 3 N–H and O–H groups in total. The molecule has 0 unspecified atom stereocenters. The lowest BCUT2D eigenvalue weighted by Crippen LogP contribution is -2.53. The number of aromatic amines is 1. The van der Waals surface area contributed by atoms with Gasteiger partial charge in [-0.25, -0.2) is 4.98 Å². The molecule has 0 aliphatic carbocycles. The summed E-state index contributed by atoms with van der Waals surface area (Å²) in [6.07, 6.45) is 5.69. The van der Waals surface area contributed by atoms with Crippen LogP contribution in [0, 0.1) is 5.92 Å². The average Bonchev–Trinajstić information content (AvgIpc) is 3.67. The molecule has 2 fully saturated rings. The lowest BCUT2D eigenvalue weighted by Gasteiger charge is -2.36. The summed E-state index contributed by atoms with van der Waals surface area (Å²) in [6, 6.07) is 26.4. The molecule has 220 valence electrons. The van der Waals surface area contributed by atoms with Crippen molar-refractivity contribution in [3.63, 3.8) is 0 Å². The SMILES string of the molecule is O=C(N[C@H](Cc1c[nH]c2ccccc12)C(=O)N1CCC(n2c(-c3ccccc3)nc3ccccc32)CC1)C1CCNCC1. The average molecular weight is 575 g/mol. The molecule has 1 atom stereocenters. The molecule has 0 saturated carbocycles. The van der Waals surface area contributed by atoms with Crippen molar-refractivity contribution in [1.82, 2.24) is 30.1 Å². The molecule has 2 amide bonds. The molecule has 3 aromatic carbocycles. The predicted molar refractivity (Wildman–Crippen MR) is 170 cm³/mol. The van der Waals surface area contributed by atoms with Gasteiger partial charge in [-0.1, -0.05) is 60.7 Å². The van der Waals surface area contributed by atoms with Crippen molar-refractivity contribution in [2.24, 2.45) is 5.92 Å². The summed E-state index contributed by atoms with van der Waals surface area (Å²) in [5.74, 6) is 0.908. The Bertz CT molecular complexity index is 1730. The van der Waals surface area contributed by atoms with Gasteiger partial charge in [0.05, 0.1) is 11.0 Å². The Morgan fingerprint density at radius 1 is 0.884 bits per heavy atom. The Kier molecular flexibility index (Phi) is 7.68. The first-order chi connectivity index (χ1) is 21.2. The highest BCUT2D eigenvalue weighted by atomic mass is 16.2. The number of carbonyl (C=O) groups is 2. The van der Waals surface area contributed by atoms with Crippen LogP contribution in [0.15, 0.2) is 85.1 Å². The number of nitrogens with one attached hydrogen (secondary N) is 3. The van der Waals surface area contributed by atoms with Gasteiger partial charge in [-0.3, -0.25) is 9.59 Å². The molecule has 2 aromatic heterocycles. The van der Waals surface area contributed by atoms with Crippen molar-refractivity contribution in [3.8, 4) is 11.4 Å². The molecule has 0 bridgehead atoms. The topological polar surface area (TPSA) is 95.0 Å². The van der Waals surface area contributed by atoms with Crippen LogP contribution < -0.4 is 10.6 Å². The van der Waals surface area contributed by atoms with Gasteiger partial charge in [0, 0.05) is 54.1 Å². The van der Waals surface area contributed by atoms with E-state index in [1.807, 2.05) is 53.6 Å². The van der Waals surface area contributed by atoms with E-state index in [-0.39, 0.29) is 23.8 Å². The second-order valence-electron chi connectivity index (χ2n) is 11.9. The number of amides is 2. The fraction of sp³-hybridized carbons (Fsp3) is 0.343. The zero-order valence-electron chi connectivity index (χ0n) is 24.3. The molecule has 5 aromatic rings. The van der Waals surface area contributed by atoms with Crippen LogP contribution in [0.5, 0.6) is 0 Å². The van der Waals surface area contributed by atoms with E-state index in [0.29, 0.717) is 19.5 Å². The smallest absolute Gasteiger partial charge is 0.245 e. The van der Waals surface area contributed by atoms with Crippen molar-refractivity contribution in [2.45, 2.75) is 44.2 Å². The summed E-state index contributed by atoms with van der Waals surface area (Å²) < 4.78 is 2.37. The first-order valence-corrected chi connectivity index (χ1v) is 15.5. The number of para-hydroxylation sites is 3. The van der Waals surface area contributed by atoms with Gasteiger partial charge < -0.3 is 25.1 Å². The van der Waals surface area contributed by atoms with Gasteiger partial charge in [-0.2, -0.15) is 0 Å². The molecule has 2 saturated heterocycles. The number of carbonyl (C=O) groups excluding carboxylic acids is 2. The van der Waals surface area contributed by atoms with E-state index in [2.05, 4.69) is 56.6 Å². The standard InChI is InChI=1S/C35H38N6O2/c42-34(25-14-18-36-19-15-25)39-31(22-26-23-37-29-11-5-4-10-28(26)29)35(43)40-20-16-27(17-21-40)41-32-13-7-6-12-30(32)38-33(41)24-8-2-1-3-9-24/h1-13,23,25,27,31,36-37H,14-22H2,(H,39,42)/t31-/m1/s1. The largest absolute Gasteiger partial charge is 0.361 e. The van der Waals surface area contributed by atoms with Crippen LogP contribution in [0.4, 0.5) is 0 Å². The van der Waals surface area contributed by atoms with Crippen LogP contribution in [-0.4, -0.2) is 63.5 Å². The monoisotopic (exact) mass is 574 g/mol. The molecule has 2 aliphatic heterocycles. The minimum atomic E-state index is -0.605. The van der Waals surface area contributed by atoms with Gasteiger partial charge in [-0.05, 0) is 62.5 Å². The number of H-pyrrole nitrogens is 1. The maximum Gasteiger partial charge on any atom is 0.245 e. The lowest BCUT2D eigenvalue weighted by molar-refractivity contribution is -0.138. The number of hydrogen-bond acceptors (Lipinski definition) is 4. The van der Waals surface area contributed by atoms with E-state index in [4.69, 9.17) is 4.98 Å². The van der Waals surface area contributed by atoms with Gasteiger partial charge in [0.1, 0.15) is 11.9 Å². The number of hydrogen-bond donors (Lipinski definition) is 3. The molecule has 8 nitrogen and oxygen atoms in total. The van der Waals surface area contributed by atoms with Gasteiger partial charge in [-0.15, -0.1) is 0 Å². The zero-order valence-corrected chi connectivity index (χ0v) is 24.3. The van der Waals surface area contributed by atoms with Crippen LogP contribution in [0.2, 0.25) is 0 Å². The van der Waals surface area contributed by atoms with Crippen LogP contribution >= 0.6 is 0 Å². The highest BCUT2D eigenvalue weighted by Crippen LogP contribution is 2.33. The summed E-state index contributed by atoms with van der Waals surface area (Å²) >= 11 is 0. The number of aromatic nitrogens is 3. The first kappa shape index (κ1) is 27.4. The number of benzene rings is 3. The second-order valence-corrected chi connectivity index (χ2v) is 11.9. The molecule has 2 aliphatic rings. The Morgan fingerprint density at radius 3 is 2.42 bits per heavy atom. The fourth-order valence-electron chi connectivity index (χ4n) is 6.86. The Balaban J connectivity index is 1.12. The number of nitrogens with zero attached hydrogens (tertiary/aromatic N) is 3. The summed E-state index contributed by atoms with van der Waals surface area (Å²) in [7, 11) is 0. The maximum absolute atomic E-state index is 14.1. The number of likely N-dealkylation sites (tertiary alicyclic amines) is 1. The van der Waals surface area contributed by atoms with E-state index in [1.165, 1.54) is 0 Å². The maximum atomic E-state index is 14.1. The molecule has 43 heavy (non-hydrogen) atoms. The summed E-state index contributed by atoms with van der Waals surface area (Å²) in [5.41, 5.74) is 5.29. The molecule has 0 radical (unpaired) electrons. The minimum absolute atomic E-state index is 0.00443. The third-order valence-electron chi connectivity index (χ3n) is 9.19. The molecule has 8 heteroatoms. The zero-order chi connectivity index (χ0) is 29.2. The Morgan fingerprint density at radius 2 is 1.60 bits per heavy atom. The highest BCUT2D eigenvalue weighted by molar-refractivity contribution is 5.90. The van der Waals surface area contributed by atoms with Crippen molar-refractivity contribution < 1.29 is 9.59 Å². The molecule has 0 spiro atoms. The second kappa shape index (κ2) is 12.1. The minimum Gasteiger partial charge on any atom is -0.361 e. The molecular weight excluding hydrogens is 536 g/mol.